The van der Waals surface area contributed by atoms with E-state index >= 15 is 0 Å². The molecule has 0 unspecified atom stereocenters. The zero-order chi connectivity index (χ0) is 8.15. The van der Waals surface area contributed by atoms with Crippen molar-refractivity contribution >= 4 is 11.9 Å². The number of rotatable bonds is 4. The Hall–Kier alpha value is -1.06. The fourth-order valence-electron chi connectivity index (χ4n) is 0.566. The molecule has 0 atom stereocenters. The highest BCUT2D eigenvalue weighted by atomic mass is 16.4. The molecule has 4 nitrogen and oxygen atoms in total. The van der Waals surface area contributed by atoms with E-state index in [4.69, 9.17) is 10.2 Å². The standard InChI is InChI=1S/C6H9O4/c1-4(2-5(7)8)3-6(9)10/h4H,1-3H2,(H,7,8)(H,9,10). The Morgan fingerprint density at radius 1 is 1.20 bits per heavy atom. The summed E-state index contributed by atoms with van der Waals surface area (Å²) in [5, 5.41) is 16.3. The van der Waals surface area contributed by atoms with E-state index in [0.717, 1.165) is 0 Å². The van der Waals surface area contributed by atoms with Crippen LogP contribution in [0, 0.1) is 12.8 Å². The minimum atomic E-state index is -1.01. The molecular formula is C6H9O4. The summed E-state index contributed by atoms with van der Waals surface area (Å²) in [6.07, 6.45) is -0.376. The lowest BCUT2D eigenvalue weighted by molar-refractivity contribution is -0.139. The largest absolute Gasteiger partial charge is 0.481 e. The molecule has 0 aliphatic carbocycles. The molecular weight excluding hydrogens is 136 g/mol. The average Bonchev–Trinajstić information content (AvgIpc) is 1.58. The normalized spacial score (nSPS) is 9.80. The predicted molar refractivity (Wildman–Crippen MR) is 33.4 cm³/mol. The summed E-state index contributed by atoms with van der Waals surface area (Å²) in [6, 6.07) is 0. The molecule has 0 saturated carbocycles. The van der Waals surface area contributed by atoms with Crippen LogP contribution in [0.15, 0.2) is 0 Å². The van der Waals surface area contributed by atoms with Gasteiger partial charge in [0.25, 0.3) is 0 Å². The molecule has 57 valence electrons. The van der Waals surface area contributed by atoms with E-state index in [-0.39, 0.29) is 12.8 Å². The van der Waals surface area contributed by atoms with Gasteiger partial charge in [0.1, 0.15) is 0 Å². The molecule has 0 aliphatic heterocycles. The molecule has 0 heterocycles. The SMILES string of the molecule is [CH2]C(CC(=O)O)CC(=O)O. The second-order valence-electron chi connectivity index (χ2n) is 2.06. The minimum Gasteiger partial charge on any atom is -0.481 e. The Bertz CT molecular complexity index is 125. The van der Waals surface area contributed by atoms with E-state index in [1.54, 1.807) is 0 Å². The van der Waals surface area contributed by atoms with Crippen molar-refractivity contribution in [2.45, 2.75) is 12.8 Å². The first-order valence-electron chi connectivity index (χ1n) is 2.79. The Balaban J connectivity index is 3.53. The van der Waals surface area contributed by atoms with Gasteiger partial charge in [0.2, 0.25) is 0 Å². The van der Waals surface area contributed by atoms with Crippen molar-refractivity contribution in [2.75, 3.05) is 0 Å². The predicted octanol–water partition coefficient (Wildman–Crippen LogP) is 0.386. The minimum absolute atomic E-state index is 0.188. The molecule has 0 aromatic rings. The Morgan fingerprint density at radius 3 is 1.70 bits per heavy atom. The maximum atomic E-state index is 9.96. The van der Waals surface area contributed by atoms with E-state index < -0.39 is 17.9 Å². The van der Waals surface area contributed by atoms with E-state index in [1.807, 2.05) is 0 Å². The van der Waals surface area contributed by atoms with E-state index in [0.29, 0.717) is 0 Å². The topological polar surface area (TPSA) is 74.6 Å². The third-order valence-electron chi connectivity index (χ3n) is 0.927. The number of carboxylic acids is 2. The van der Waals surface area contributed by atoms with Crippen molar-refractivity contribution < 1.29 is 19.8 Å². The molecule has 0 fully saturated rings. The van der Waals surface area contributed by atoms with Gasteiger partial charge >= 0.3 is 11.9 Å². The smallest absolute Gasteiger partial charge is 0.303 e. The lowest BCUT2D eigenvalue weighted by Crippen LogP contribution is -2.09. The first kappa shape index (κ1) is 8.94. The number of carbonyl (C=O) groups is 2. The van der Waals surface area contributed by atoms with Gasteiger partial charge in [0.05, 0.1) is 0 Å². The average molecular weight is 145 g/mol. The van der Waals surface area contributed by atoms with Gasteiger partial charge in [-0.2, -0.15) is 0 Å². The number of hydrogen-bond donors (Lipinski definition) is 2. The first-order valence-corrected chi connectivity index (χ1v) is 2.79. The molecule has 0 aromatic carbocycles. The van der Waals surface area contributed by atoms with Crippen molar-refractivity contribution in [1.29, 1.82) is 0 Å². The van der Waals surface area contributed by atoms with Gasteiger partial charge in [-0.15, -0.1) is 0 Å². The summed E-state index contributed by atoms with van der Waals surface area (Å²) in [5.74, 6) is -2.56. The van der Waals surface area contributed by atoms with Crippen LogP contribution in [0.4, 0.5) is 0 Å². The number of hydrogen-bond acceptors (Lipinski definition) is 2. The zero-order valence-electron chi connectivity index (χ0n) is 5.41. The molecule has 4 heteroatoms. The second-order valence-corrected chi connectivity index (χ2v) is 2.06. The van der Waals surface area contributed by atoms with Crippen LogP contribution in [0.5, 0.6) is 0 Å². The molecule has 0 rings (SSSR count). The summed E-state index contributed by atoms with van der Waals surface area (Å²) >= 11 is 0. The summed E-state index contributed by atoms with van der Waals surface area (Å²) in [5.41, 5.74) is 0. The highest BCUT2D eigenvalue weighted by Crippen LogP contribution is 2.05. The molecule has 1 radical (unpaired) electrons. The summed E-state index contributed by atoms with van der Waals surface area (Å²) in [4.78, 5) is 19.9. The van der Waals surface area contributed by atoms with Crippen LogP contribution >= 0.6 is 0 Å². The molecule has 0 spiro atoms. The monoisotopic (exact) mass is 145 g/mol. The molecule has 0 bridgehead atoms. The number of carboxylic acid groups (broad SMARTS) is 2. The van der Waals surface area contributed by atoms with Crippen LogP contribution in [0.2, 0.25) is 0 Å². The van der Waals surface area contributed by atoms with Crippen molar-refractivity contribution in [2.24, 2.45) is 5.92 Å². The van der Waals surface area contributed by atoms with Crippen molar-refractivity contribution in [3.05, 3.63) is 6.92 Å². The summed E-state index contributed by atoms with van der Waals surface area (Å²) in [7, 11) is 0. The van der Waals surface area contributed by atoms with Crippen LogP contribution in [0.3, 0.4) is 0 Å². The summed E-state index contributed by atoms with van der Waals surface area (Å²) in [6.45, 7) is 3.36. The maximum absolute atomic E-state index is 9.96. The first-order chi connectivity index (χ1) is 4.52. The molecule has 0 amide bonds. The fraction of sp³-hybridized carbons (Fsp3) is 0.500. The van der Waals surface area contributed by atoms with Crippen LogP contribution in [0.25, 0.3) is 0 Å². The molecule has 0 saturated heterocycles. The van der Waals surface area contributed by atoms with Crippen molar-refractivity contribution in [3.63, 3.8) is 0 Å². The van der Waals surface area contributed by atoms with Gasteiger partial charge in [-0.25, -0.2) is 0 Å². The van der Waals surface area contributed by atoms with Gasteiger partial charge < -0.3 is 10.2 Å². The highest BCUT2D eigenvalue weighted by Gasteiger charge is 2.10. The molecule has 2 N–H and O–H groups in total. The van der Waals surface area contributed by atoms with Gasteiger partial charge in [-0.3, -0.25) is 9.59 Å². The fourth-order valence-corrected chi connectivity index (χ4v) is 0.566. The van der Waals surface area contributed by atoms with E-state index in [9.17, 15) is 9.59 Å². The molecule has 0 aliphatic rings. The van der Waals surface area contributed by atoms with Crippen LogP contribution in [-0.2, 0) is 9.59 Å². The number of aliphatic carboxylic acids is 2. The van der Waals surface area contributed by atoms with Crippen LogP contribution in [-0.4, -0.2) is 22.2 Å². The van der Waals surface area contributed by atoms with Crippen molar-refractivity contribution in [1.82, 2.24) is 0 Å². The van der Waals surface area contributed by atoms with E-state index in [1.165, 1.54) is 0 Å². The third-order valence-corrected chi connectivity index (χ3v) is 0.927. The van der Waals surface area contributed by atoms with Gasteiger partial charge in [-0.1, -0.05) is 0 Å². The molecule has 10 heavy (non-hydrogen) atoms. The Morgan fingerprint density at radius 2 is 1.50 bits per heavy atom. The van der Waals surface area contributed by atoms with Gasteiger partial charge in [0, 0.05) is 12.8 Å². The van der Waals surface area contributed by atoms with Crippen LogP contribution < -0.4 is 0 Å². The third kappa shape index (κ3) is 5.08. The lowest BCUT2D eigenvalue weighted by Gasteiger charge is -2.02. The van der Waals surface area contributed by atoms with Gasteiger partial charge in [-0.05, 0) is 12.8 Å². The second kappa shape index (κ2) is 3.87. The Labute approximate surface area is 58.5 Å². The lowest BCUT2D eigenvalue weighted by atomic mass is 10.1. The van der Waals surface area contributed by atoms with Crippen LogP contribution in [0.1, 0.15) is 12.8 Å². The molecule has 0 aromatic heterocycles. The zero-order valence-corrected chi connectivity index (χ0v) is 5.41. The quantitative estimate of drug-likeness (QED) is 0.599. The maximum Gasteiger partial charge on any atom is 0.303 e. The Kier molecular flexibility index (Phi) is 3.46. The van der Waals surface area contributed by atoms with Gasteiger partial charge in [0.15, 0.2) is 0 Å². The summed E-state index contributed by atoms with van der Waals surface area (Å²) < 4.78 is 0. The highest BCUT2D eigenvalue weighted by molar-refractivity contribution is 5.70. The van der Waals surface area contributed by atoms with Crippen molar-refractivity contribution in [3.8, 4) is 0 Å². The van der Waals surface area contributed by atoms with E-state index in [2.05, 4.69) is 6.92 Å².